The number of fused-ring (bicyclic) bond motifs is 12. The fourth-order valence-electron chi connectivity index (χ4n) is 13.9. The van der Waals surface area contributed by atoms with E-state index in [1.165, 1.54) is 0 Å². The van der Waals surface area contributed by atoms with E-state index < -0.39 is 0 Å². The van der Waals surface area contributed by atoms with E-state index in [-0.39, 0.29) is 5.92 Å². The Bertz CT molecular complexity index is 5030. The zero-order valence-corrected chi connectivity index (χ0v) is 47.5. The van der Waals surface area contributed by atoms with Gasteiger partial charge in [-0.25, -0.2) is 0 Å². The summed E-state index contributed by atoms with van der Waals surface area (Å²) < 4.78 is 9.71. The minimum atomic E-state index is -0.178. The zero-order chi connectivity index (χ0) is 57.9. The van der Waals surface area contributed by atoms with Crippen LogP contribution in [0, 0.1) is 11.3 Å². The lowest BCUT2D eigenvalue weighted by atomic mass is 9.91. The predicted molar refractivity (Wildman–Crippen MR) is 356 cm³/mol. The fraction of sp³-hybridized carbons (Fsp3) is 0.0385. The zero-order valence-electron chi connectivity index (χ0n) is 47.5. The first-order valence-electron chi connectivity index (χ1n) is 29.4. The van der Waals surface area contributed by atoms with Gasteiger partial charge in [-0.3, -0.25) is 19.9 Å². The molecule has 0 unspecified atom stereocenters. The summed E-state index contributed by atoms with van der Waals surface area (Å²) in [6.07, 6.45) is 7.41. The number of aromatic nitrogens is 8. The van der Waals surface area contributed by atoms with Crippen LogP contribution in [0.5, 0.6) is 0 Å². The Balaban J connectivity index is 1.14. The van der Waals surface area contributed by atoms with Gasteiger partial charge in [-0.2, -0.15) is 5.26 Å². The molecule has 8 heterocycles. The summed E-state index contributed by atoms with van der Waals surface area (Å²) >= 11 is 0. The van der Waals surface area contributed by atoms with Crippen molar-refractivity contribution in [3.05, 3.63) is 279 Å². The van der Waals surface area contributed by atoms with Crippen LogP contribution in [0.15, 0.2) is 267 Å². The number of nitriles is 1. The smallest absolute Gasteiger partial charge is 0.104 e. The SMILES string of the molecule is CC(C)c1c(-n2c3ccc(-c4ccccn4)cc3c3cc(-c4ccccn4)ccc32)c(-n2c3ccccc3c3ccccc32)c(C#N)c(-n2c3ccccc3c3ccccc32)c1-n1c2ccc(-c3ccccn3)cc2c2cc(-c3ccccn3)ccc21. The molecule has 87 heavy (non-hydrogen) atoms. The molecule has 9 nitrogen and oxygen atoms in total. The van der Waals surface area contributed by atoms with Crippen molar-refractivity contribution < 1.29 is 0 Å². The summed E-state index contributed by atoms with van der Waals surface area (Å²) in [5, 5.41) is 21.6. The van der Waals surface area contributed by atoms with Gasteiger partial charge < -0.3 is 18.3 Å². The lowest BCUT2D eigenvalue weighted by Crippen LogP contribution is -2.18. The summed E-state index contributed by atoms with van der Waals surface area (Å²) in [5.41, 5.74) is 20.3. The third kappa shape index (κ3) is 7.58. The van der Waals surface area contributed by atoms with Gasteiger partial charge in [0.05, 0.1) is 89.7 Å². The first kappa shape index (κ1) is 49.8. The highest BCUT2D eigenvalue weighted by Crippen LogP contribution is 2.51. The highest BCUT2D eigenvalue weighted by atomic mass is 15.1. The monoisotopic (exact) mass is 1110 g/mol. The summed E-state index contributed by atoms with van der Waals surface area (Å²) in [6.45, 7) is 4.64. The lowest BCUT2D eigenvalue weighted by molar-refractivity contribution is 0.833. The highest BCUT2D eigenvalue weighted by Gasteiger charge is 2.35. The van der Waals surface area contributed by atoms with Crippen molar-refractivity contribution in [2.45, 2.75) is 19.8 Å². The minimum Gasteiger partial charge on any atom is -0.307 e. The minimum absolute atomic E-state index is 0.178. The molecule has 408 valence electrons. The van der Waals surface area contributed by atoms with Gasteiger partial charge in [0.1, 0.15) is 11.6 Å². The van der Waals surface area contributed by atoms with Crippen LogP contribution in [0.1, 0.15) is 30.9 Å². The van der Waals surface area contributed by atoms with E-state index in [9.17, 15) is 5.26 Å². The van der Waals surface area contributed by atoms with Crippen molar-refractivity contribution >= 4 is 87.2 Å². The quantitative estimate of drug-likeness (QED) is 0.143. The van der Waals surface area contributed by atoms with Crippen LogP contribution in [0.4, 0.5) is 0 Å². The number of hydrogen-bond acceptors (Lipinski definition) is 5. The number of rotatable bonds is 9. The van der Waals surface area contributed by atoms with Crippen LogP contribution < -0.4 is 0 Å². The summed E-state index contributed by atoms with van der Waals surface area (Å²) in [5.74, 6) is -0.178. The molecule has 0 spiro atoms. The second kappa shape index (κ2) is 19.7. The van der Waals surface area contributed by atoms with Crippen LogP contribution >= 0.6 is 0 Å². The summed E-state index contributed by atoms with van der Waals surface area (Å²) in [4.78, 5) is 19.5. The molecule has 0 atom stereocenters. The van der Waals surface area contributed by atoms with E-state index in [4.69, 9.17) is 19.9 Å². The van der Waals surface area contributed by atoms with Crippen molar-refractivity contribution in [2.75, 3.05) is 0 Å². The molecule has 0 aliphatic heterocycles. The van der Waals surface area contributed by atoms with E-state index in [1.807, 2.05) is 73.3 Å². The maximum atomic E-state index is 13.0. The summed E-state index contributed by atoms with van der Waals surface area (Å²) in [6, 6.07) is 88.9. The van der Waals surface area contributed by atoms with Gasteiger partial charge >= 0.3 is 0 Å². The second-order valence-electron chi connectivity index (χ2n) is 22.6. The van der Waals surface area contributed by atoms with Crippen LogP contribution in [0.25, 0.3) is 155 Å². The molecule has 0 aliphatic carbocycles. The molecule has 0 radical (unpaired) electrons. The molecule has 8 aromatic heterocycles. The van der Waals surface area contributed by atoms with Crippen LogP contribution in [-0.4, -0.2) is 38.2 Å². The third-order valence-electron chi connectivity index (χ3n) is 17.5. The van der Waals surface area contributed by atoms with Crippen LogP contribution in [0.2, 0.25) is 0 Å². The van der Waals surface area contributed by atoms with Crippen molar-refractivity contribution in [3.63, 3.8) is 0 Å². The van der Waals surface area contributed by atoms with Gasteiger partial charge in [-0.15, -0.1) is 0 Å². The molecule has 0 aliphatic rings. The lowest BCUT2D eigenvalue weighted by Gasteiger charge is -2.30. The molecule has 9 aromatic carbocycles. The molecule has 0 saturated heterocycles. The van der Waals surface area contributed by atoms with Gasteiger partial charge in [-0.1, -0.05) is 135 Å². The molecule has 0 amide bonds. The van der Waals surface area contributed by atoms with Crippen LogP contribution in [-0.2, 0) is 0 Å². The van der Waals surface area contributed by atoms with Crippen molar-refractivity contribution in [1.29, 1.82) is 5.26 Å². The largest absolute Gasteiger partial charge is 0.307 e. The predicted octanol–water partition coefficient (Wildman–Crippen LogP) is 19.3. The third-order valence-corrected chi connectivity index (χ3v) is 17.5. The van der Waals surface area contributed by atoms with Gasteiger partial charge in [0.25, 0.3) is 0 Å². The molecule has 9 heteroatoms. The van der Waals surface area contributed by atoms with Gasteiger partial charge in [0.15, 0.2) is 0 Å². The maximum absolute atomic E-state index is 13.0. The Hall–Kier alpha value is -11.7. The Morgan fingerprint density at radius 1 is 0.287 bits per heavy atom. The van der Waals surface area contributed by atoms with E-state index in [0.29, 0.717) is 5.56 Å². The topological polar surface area (TPSA) is 95.1 Å². The van der Waals surface area contributed by atoms with Crippen molar-refractivity contribution in [3.8, 4) is 73.8 Å². The van der Waals surface area contributed by atoms with Crippen LogP contribution in [0.3, 0.4) is 0 Å². The second-order valence-corrected chi connectivity index (χ2v) is 22.6. The highest BCUT2D eigenvalue weighted by molar-refractivity contribution is 6.17. The molecule has 0 bridgehead atoms. The summed E-state index contributed by atoms with van der Waals surface area (Å²) in [7, 11) is 0. The average Bonchev–Trinajstić information content (AvgIpc) is 1.63. The maximum Gasteiger partial charge on any atom is 0.104 e. The van der Waals surface area contributed by atoms with E-state index >= 15 is 0 Å². The Morgan fingerprint density at radius 3 is 0.793 bits per heavy atom. The first-order valence-corrected chi connectivity index (χ1v) is 29.4. The number of benzene rings is 9. The van der Waals surface area contributed by atoms with Crippen molar-refractivity contribution in [2.24, 2.45) is 0 Å². The molecule has 17 rings (SSSR count). The molecule has 0 N–H and O–H groups in total. The van der Waals surface area contributed by atoms with E-state index in [0.717, 1.165) is 161 Å². The van der Waals surface area contributed by atoms with E-state index in [1.54, 1.807) is 0 Å². The Morgan fingerprint density at radius 2 is 0.540 bits per heavy atom. The number of para-hydroxylation sites is 4. The number of pyridine rings is 4. The number of nitrogens with zero attached hydrogens (tertiary/aromatic N) is 9. The average molecular weight is 1110 g/mol. The molecular weight excluding hydrogens is 1060 g/mol. The number of hydrogen-bond donors (Lipinski definition) is 0. The van der Waals surface area contributed by atoms with E-state index in [2.05, 4.69) is 232 Å². The molecule has 17 aromatic rings. The normalized spacial score (nSPS) is 11.9. The van der Waals surface area contributed by atoms with Gasteiger partial charge in [0, 0.05) is 95.7 Å². The molecular formula is C78H51N9. The standard InChI is InChI=1S/C78H51N9/c1-48(2)74-77(86-70-35-31-49(62-23-11-15-39-80-62)43-57(70)58-44-50(32-36-71(58)86)63-24-12-16-40-81-63)75(84-66-27-7-3-19-53(66)54-20-4-8-28-67(54)84)61(47-79)76(85-68-29-9-5-21-55(68)56-22-6-10-30-69(56)85)78(74)87-72-37-33-51(64-25-13-17-41-82-64)45-59(72)60-46-52(34-38-73(60)87)65-26-14-18-42-83-65/h3-46,48H,1-2H3. The van der Waals surface area contributed by atoms with Gasteiger partial charge in [-0.05, 0) is 127 Å². The van der Waals surface area contributed by atoms with Gasteiger partial charge in [0.2, 0.25) is 0 Å². The Labute approximate surface area is 500 Å². The first-order chi connectivity index (χ1) is 43.0. The molecule has 0 saturated carbocycles. The fourth-order valence-corrected chi connectivity index (χ4v) is 13.9. The molecule has 0 fully saturated rings. The Kier molecular flexibility index (Phi) is 11.3. The van der Waals surface area contributed by atoms with Crippen molar-refractivity contribution in [1.82, 2.24) is 38.2 Å².